The Bertz CT molecular complexity index is 1070. The van der Waals surface area contributed by atoms with E-state index in [1.165, 1.54) is 16.1 Å². The Morgan fingerprint density at radius 3 is 2.46 bits per heavy atom. The van der Waals surface area contributed by atoms with E-state index in [0.717, 1.165) is 55.7 Å². The van der Waals surface area contributed by atoms with Crippen LogP contribution in [0.1, 0.15) is 19.8 Å². The lowest BCUT2D eigenvalue weighted by molar-refractivity contribution is 0.229. The molecule has 0 unspecified atom stereocenters. The zero-order chi connectivity index (χ0) is 19.7. The topological polar surface area (TPSA) is 54.3 Å². The quantitative estimate of drug-likeness (QED) is 0.704. The molecule has 0 saturated carbocycles. The van der Waals surface area contributed by atoms with Crippen molar-refractivity contribution < 1.29 is 12.8 Å². The predicted molar refractivity (Wildman–Crippen MR) is 110 cm³/mol. The number of anilines is 1. The molecule has 1 N–H and O–H groups in total. The van der Waals surface area contributed by atoms with Crippen LogP contribution >= 0.6 is 0 Å². The number of nitrogens with one attached hydrogen (secondary N) is 1. The van der Waals surface area contributed by atoms with E-state index >= 15 is 0 Å². The molecular formula is C21H24FN3O2S. The number of halogens is 1. The number of benzene rings is 2. The normalized spacial score (nSPS) is 16.5. The van der Waals surface area contributed by atoms with Crippen molar-refractivity contribution in [3.05, 3.63) is 60.5 Å². The molecule has 0 spiro atoms. The summed E-state index contributed by atoms with van der Waals surface area (Å²) in [5, 5.41) is 4.46. The van der Waals surface area contributed by atoms with Crippen LogP contribution in [-0.4, -0.2) is 43.0 Å². The molecule has 1 fully saturated rings. The number of nitrogens with zero attached hydrogens (tertiary/aromatic N) is 2. The molecule has 0 bridgehead atoms. The van der Waals surface area contributed by atoms with Crippen LogP contribution in [0.15, 0.2) is 59.6 Å². The molecule has 1 saturated heterocycles. The van der Waals surface area contributed by atoms with E-state index in [1.54, 1.807) is 12.3 Å². The van der Waals surface area contributed by atoms with E-state index in [2.05, 4.69) is 17.1 Å². The Morgan fingerprint density at radius 1 is 1.07 bits per heavy atom. The molecule has 5 nitrogen and oxygen atoms in total. The van der Waals surface area contributed by atoms with Crippen molar-refractivity contribution in [2.45, 2.75) is 30.7 Å². The molecule has 0 atom stereocenters. The SMILES string of the molecule is CCN1CCC(Nc2cccc3c2ccn3S(=O)(=O)c2ccc(F)cc2)CC1. The Kier molecular flexibility index (Phi) is 5.12. The predicted octanol–water partition coefficient (Wildman–Crippen LogP) is 3.91. The highest BCUT2D eigenvalue weighted by molar-refractivity contribution is 7.90. The largest absolute Gasteiger partial charge is 0.382 e. The number of rotatable bonds is 5. The highest BCUT2D eigenvalue weighted by Gasteiger charge is 2.22. The van der Waals surface area contributed by atoms with Crippen LogP contribution in [0.25, 0.3) is 10.9 Å². The maximum Gasteiger partial charge on any atom is 0.268 e. The van der Waals surface area contributed by atoms with Gasteiger partial charge in [-0.1, -0.05) is 13.0 Å². The second kappa shape index (κ2) is 7.56. The van der Waals surface area contributed by atoms with Gasteiger partial charge in [-0.25, -0.2) is 16.8 Å². The summed E-state index contributed by atoms with van der Waals surface area (Å²) in [5.41, 5.74) is 1.56. The molecule has 3 aromatic rings. The minimum atomic E-state index is -3.78. The van der Waals surface area contributed by atoms with Crippen LogP contribution in [-0.2, 0) is 10.0 Å². The van der Waals surface area contributed by atoms with E-state index in [4.69, 9.17) is 0 Å². The minimum absolute atomic E-state index is 0.0664. The van der Waals surface area contributed by atoms with Gasteiger partial charge >= 0.3 is 0 Å². The average molecular weight is 402 g/mol. The molecule has 0 amide bonds. The molecular weight excluding hydrogens is 377 g/mol. The minimum Gasteiger partial charge on any atom is -0.382 e. The van der Waals surface area contributed by atoms with Gasteiger partial charge in [0.25, 0.3) is 10.0 Å². The highest BCUT2D eigenvalue weighted by atomic mass is 32.2. The van der Waals surface area contributed by atoms with E-state index in [0.29, 0.717) is 11.6 Å². The highest BCUT2D eigenvalue weighted by Crippen LogP contribution is 2.29. The van der Waals surface area contributed by atoms with Gasteiger partial charge in [0.15, 0.2) is 0 Å². The molecule has 2 aromatic carbocycles. The molecule has 2 heterocycles. The summed E-state index contributed by atoms with van der Waals surface area (Å²) in [6, 6.07) is 12.8. The zero-order valence-electron chi connectivity index (χ0n) is 15.8. The van der Waals surface area contributed by atoms with Gasteiger partial charge in [-0.05, 0) is 61.9 Å². The van der Waals surface area contributed by atoms with Crippen molar-refractivity contribution in [1.82, 2.24) is 8.87 Å². The van der Waals surface area contributed by atoms with Gasteiger partial charge in [-0.3, -0.25) is 0 Å². The van der Waals surface area contributed by atoms with Gasteiger partial charge in [-0.15, -0.1) is 0 Å². The average Bonchev–Trinajstić information content (AvgIpc) is 3.15. The first-order valence-corrected chi connectivity index (χ1v) is 11.0. The van der Waals surface area contributed by atoms with Crippen LogP contribution < -0.4 is 5.32 Å². The van der Waals surface area contributed by atoms with Crippen molar-refractivity contribution in [3.8, 4) is 0 Å². The van der Waals surface area contributed by atoms with E-state index < -0.39 is 15.8 Å². The van der Waals surface area contributed by atoms with Gasteiger partial charge in [0, 0.05) is 36.4 Å². The third kappa shape index (κ3) is 3.52. The van der Waals surface area contributed by atoms with E-state index in [1.807, 2.05) is 18.2 Å². The van der Waals surface area contributed by atoms with Crippen molar-refractivity contribution in [3.63, 3.8) is 0 Å². The van der Waals surface area contributed by atoms with Crippen LogP contribution in [0.3, 0.4) is 0 Å². The maximum absolute atomic E-state index is 13.2. The third-order valence-corrected chi connectivity index (χ3v) is 7.17. The standard InChI is InChI=1S/C21H24FN3O2S/c1-2-24-13-10-17(11-14-24)23-20-4-3-5-21-19(20)12-15-25(21)28(26,27)18-8-6-16(22)7-9-18/h3-9,12,15,17,23H,2,10-11,13-14H2,1H3. The van der Waals surface area contributed by atoms with Crippen LogP contribution in [0, 0.1) is 5.82 Å². The fraction of sp³-hybridized carbons (Fsp3) is 0.333. The van der Waals surface area contributed by atoms with Gasteiger partial charge in [0.2, 0.25) is 0 Å². The molecule has 1 aliphatic heterocycles. The summed E-state index contributed by atoms with van der Waals surface area (Å²) in [6.45, 7) is 5.40. The Hall–Kier alpha value is -2.38. The molecule has 4 rings (SSSR count). The summed E-state index contributed by atoms with van der Waals surface area (Å²) >= 11 is 0. The van der Waals surface area contributed by atoms with Crippen LogP contribution in [0.5, 0.6) is 0 Å². The van der Waals surface area contributed by atoms with Crippen molar-refractivity contribution in [1.29, 1.82) is 0 Å². The third-order valence-electron chi connectivity index (χ3n) is 5.46. The Morgan fingerprint density at radius 2 is 1.79 bits per heavy atom. The lowest BCUT2D eigenvalue weighted by Crippen LogP contribution is -2.38. The van der Waals surface area contributed by atoms with Gasteiger partial charge in [-0.2, -0.15) is 0 Å². The molecule has 28 heavy (non-hydrogen) atoms. The van der Waals surface area contributed by atoms with Crippen LogP contribution in [0.4, 0.5) is 10.1 Å². The van der Waals surface area contributed by atoms with Gasteiger partial charge in [0.05, 0.1) is 10.4 Å². The number of piperidine rings is 1. The maximum atomic E-state index is 13.2. The number of likely N-dealkylation sites (tertiary alicyclic amines) is 1. The number of aromatic nitrogens is 1. The number of hydrogen-bond acceptors (Lipinski definition) is 4. The number of hydrogen-bond donors (Lipinski definition) is 1. The molecule has 1 aromatic heterocycles. The summed E-state index contributed by atoms with van der Waals surface area (Å²) in [7, 11) is -3.78. The van der Waals surface area contributed by atoms with Crippen molar-refractivity contribution in [2.75, 3.05) is 25.0 Å². The lowest BCUT2D eigenvalue weighted by Gasteiger charge is -2.32. The van der Waals surface area contributed by atoms with Crippen molar-refractivity contribution >= 4 is 26.6 Å². The monoisotopic (exact) mass is 401 g/mol. The Balaban J connectivity index is 1.64. The summed E-state index contributed by atoms with van der Waals surface area (Å²) in [4.78, 5) is 2.50. The summed E-state index contributed by atoms with van der Waals surface area (Å²) in [6.07, 6.45) is 3.70. The lowest BCUT2D eigenvalue weighted by atomic mass is 10.0. The molecule has 0 radical (unpaired) electrons. The molecule has 7 heteroatoms. The fourth-order valence-electron chi connectivity index (χ4n) is 3.81. The molecule has 148 valence electrons. The summed E-state index contributed by atoms with van der Waals surface area (Å²) in [5.74, 6) is -0.461. The smallest absolute Gasteiger partial charge is 0.268 e. The van der Waals surface area contributed by atoms with Gasteiger partial charge < -0.3 is 10.2 Å². The first-order chi connectivity index (χ1) is 13.5. The zero-order valence-corrected chi connectivity index (χ0v) is 16.6. The van der Waals surface area contributed by atoms with E-state index in [-0.39, 0.29) is 4.90 Å². The number of fused-ring (bicyclic) bond motifs is 1. The second-order valence-electron chi connectivity index (χ2n) is 7.16. The second-order valence-corrected chi connectivity index (χ2v) is 8.98. The molecule has 1 aliphatic rings. The summed E-state index contributed by atoms with van der Waals surface area (Å²) < 4.78 is 40.5. The molecule has 0 aliphatic carbocycles. The fourth-order valence-corrected chi connectivity index (χ4v) is 5.16. The first-order valence-electron chi connectivity index (χ1n) is 9.59. The first kappa shape index (κ1) is 19.0. The van der Waals surface area contributed by atoms with Gasteiger partial charge in [0.1, 0.15) is 5.82 Å². The van der Waals surface area contributed by atoms with Crippen molar-refractivity contribution in [2.24, 2.45) is 0 Å². The van der Waals surface area contributed by atoms with E-state index in [9.17, 15) is 12.8 Å². The Labute approximate surface area is 164 Å². The van der Waals surface area contributed by atoms with Crippen LogP contribution in [0.2, 0.25) is 0 Å².